The number of aryl methyl sites for hydroxylation is 1. The molecule has 6 heteroatoms. The van der Waals surface area contributed by atoms with Gasteiger partial charge in [-0.25, -0.2) is 0 Å². The maximum atomic E-state index is 5.94. The van der Waals surface area contributed by atoms with E-state index in [0.717, 1.165) is 36.3 Å². The number of benzene rings is 1. The average molecular weight is 337 g/mol. The van der Waals surface area contributed by atoms with Crippen LogP contribution < -0.4 is 0 Å². The standard InChI is InChI=1S/C16H21ClN4S/c1-12-18-19-16(20(12)2)11-21-9-7-15(8-10-21)22-14-5-3-13(17)4-6-14/h3-6,15H,7-11H2,1-2H3. The number of nitrogens with zero attached hydrogens (tertiary/aromatic N) is 4. The highest BCUT2D eigenvalue weighted by Crippen LogP contribution is 2.31. The van der Waals surface area contributed by atoms with Crippen molar-refractivity contribution in [2.75, 3.05) is 13.1 Å². The highest BCUT2D eigenvalue weighted by molar-refractivity contribution is 8.00. The summed E-state index contributed by atoms with van der Waals surface area (Å²) in [6, 6.07) is 8.16. The number of halogens is 1. The average Bonchev–Trinajstić information content (AvgIpc) is 2.84. The molecule has 0 radical (unpaired) electrons. The molecule has 0 amide bonds. The lowest BCUT2D eigenvalue weighted by molar-refractivity contribution is 0.217. The van der Waals surface area contributed by atoms with Crippen molar-refractivity contribution in [1.29, 1.82) is 0 Å². The quantitative estimate of drug-likeness (QED) is 0.855. The second-order valence-electron chi connectivity index (χ2n) is 5.77. The maximum Gasteiger partial charge on any atom is 0.146 e. The van der Waals surface area contributed by atoms with Gasteiger partial charge in [-0.3, -0.25) is 4.90 Å². The molecule has 0 atom stereocenters. The minimum atomic E-state index is 0.693. The van der Waals surface area contributed by atoms with Crippen molar-refractivity contribution in [1.82, 2.24) is 19.7 Å². The Hall–Kier alpha value is -1.04. The van der Waals surface area contributed by atoms with E-state index in [2.05, 4.69) is 31.8 Å². The molecular weight excluding hydrogens is 316 g/mol. The number of hydrogen-bond acceptors (Lipinski definition) is 4. The van der Waals surface area contributed by atoms with Crippen molar-refractivity contribution in [3.05, 3.63) is 40.9 Å². The van der Waals surface area contributed by atoms with Gasteiger partial charge in [0.05, 0.1) is 6.54 Å². The minimum Gasteiger partial charge on any atom is -0.317 e. The van der Waals surface area contributed by atoms with Crippen LogP contribution in [0.4, 0.5) is 0 Å². The molecule has 1 aromatic carbocycles. The van der Waals surface area contributed by atoms with E-state index in [1.54, 1.807) is 0 Å². The van der Waals surface area contributed by atoms with Gasteiger partial charge in [-0.1, -0.05) is 11.6 Å². The fraction of sp³-hybridized carbons (Fsp3) is 0.500. The Morgan fingerprint density at radius 2 is 1.86 bits per heavy atom. The lowest BCUT2D eigenvalue weighted by Crippen LogP contribution is -2.35. The van der Waals surface area contributed by atoms with E-state index in [9.17, 15) is 0 Å². The molecule has 3 rings (SSSR count). The lowest BCUT2D eigenvalue weighted by Gasteiger charge is -2.31. The van der Waals surface area contributed by atoms with E-state index in [1.165, 1.54) is 17.7 Å². The molecule has 2 aromatic rings. The molecule has 1 saturated heterocycles. The van der Waals surface area contributed by atoms with Gasteiger partial charge < -0.3 is 4.57 Å². The van der Waals surface area contributed by atoms with Gasteiger partial charge in [0.15, 0.2) is 0 Å². The van der Waals surface area contributed by atoms with E-state index in [1.807, 2.05) is 37.9 Å². The summed E-state index contributed by atoms with van der Waals surface area (Å²) >= 11 is 7.91. The minimum absolute atomic E-state index is 0.693. The smallest absolute Gasteiger partial charge is 0.146 e. The molecule has 1 aliphatic rings. The predicted molar refractivity (Wildman–Crippen MR) is 91.3 cm³/mol. The van der Waals surface area contributed by atoms with E-state index >= 15 is 0 Å². The van der Waals surface area contributed by atoms with Crippen molar-refractivity contribution in [2.45, 2.75) is 36.5 Å². The molecule has 1 fully saturated rings. The molecular formula is C16H21ClN4S. The molecule has 1 aliphatic heterocycles. The second-order valence-corrected chi connectivity index (χ2v) is 7.58. The van der Waals surface area contributed by atoms with Crippen LogP contribution in [-0.2, 0) is 13.6 Å². The first-order valence-electron chi connectivity index (χ1n) is 7.61. The normalized spacial score (nSPS) is 17.0. The van der Waals surface area contributed by atoms with Crippen LogP contribution in [0.15, 0.2) is 29.2 Å². The van der Waals surface area contributed by atoms with Crippen LogP contribution in [0, 0.1) is 6.92 Å². The molecule has 0 spiro atoms. The summed E-state index contributed by atoms with van der Waals surface area (Å²) in [7, 11) is 2.04. The van der Waals surface area contributed by atoms with Crippen LogP contribution in [0.25, 0.3) is 0 Å². The molecule has 4 nitrogen and oxygen atoms in total. The molecule has 0 unspecified atom stereocenters. The van der Waals surface area contributed by atoms with Crippen molar-refractivity contribution < 1.29 is 0 Å². The third-order valence-corrected chi connectivity index (χ3v) is 5.80. The van der Waals surface area contributed by atoms with Gasteiger partial charge in [-0.2, -0.15) is 0 Å². The van der Waals surface area contributed by atoms with Gasteiger partial charge in [-0.05, 0) is 57.1 Å². The Bertz CT molecular complexity index is 618. The third-order valence-electron chi connectivity index (χ3n) is 4.20. The topological polar surface area (TPSA) is 34.0 Å². The first-order chi connectivity index (χ1) is 10.6. The van der Waals surface area contributed by atoms with Gasteiger partial charge in [-0.15, -0.1) is 22.0 Å². The zero-order chi connectivity index (χ0) is 15.5. The SMILES string of the molecule is Cc1nnc(CN2CCC(Sc3ccc(Cl)cc3)CC2)n1C. The van der Waals surface area contributed by atoms with E-state index < -0.39 is 0 Å². The zero-order valence-electron chi connectivity index (χ0n) is 13.0. The first-order valence-corrected chi connectivity index (χ1v) is 8.87. The highest BCUT2D eigenvalue weighted by atomic mass is 35.5. The lowest BCUT2D eigenvalue weighted by atomic mass is 10.1. The molecule has 1 aromatic heterocycles. The number of thioether (sulfide) groups is 1. The number of likely N-dealkylation sites (tertiary alicyclic amines) is 1. The molecule has 0 saturated carbocycles. The molecule has 22 heavy (non-hydrogen) atoms. The van der Waals surface area contributed by atoms with Crippen molar-refractivity contribution in [2.24, 2.45) is 7.05 Å². The van der Waals surface area contributed by atoms with Crippen LogP contribution in [0.2, 0.25) is 5.02 Å². The number of aromatic nitrogens is 3. The van der Waals surface area contributed by atoms with Gasteiger partial charge in [0.1, 0.15) is 11.6 Å². The van der Waals surface area contributed by atoms with Crippen LogP contribution in [0.1, 0.15) is 24.5 Å². The first kappa shape index (κ1) is 15.8. The number of rotatable bonds is 4. The Kier molecular flexibility index (Phi) is 5.06. The summed E-state index contributed by atoms with van der Waals surface area (Å²) < 4.78 is 2.08. The van der Waals surface area contributed by atoms with Crippen LogP contribution in [0.5, 0.6) is 0 Å². The number of hydrogen-bond donors (Lipinski definition) is 0. The predicted octanol–water partition coefficient (Wildman–Crippen LogP) is 3.53. The van der Waals surface area contributed by atoms with E-state index in [0.29, 0.717) is 5.25 Å². The van der Waals surface area contributed by atoms with Gasteiger partial charge in [0, 0.05) is 22.2 Å². The Balaban J connectivity index is 1.50. The Morgan fingerprint density at radius 3 is 2.45 bits per heavy atom. The van der Waals surface area contributed by atoms with Crippen molar-refractivity contribution in [3.8, 4) is 0 Å². The maximum absolute atomic E-state index is 5.94. The summed E-state index contributed by atoms with van der Waals surface area (Å²) in [4.78, 5) is 3.79. The number of piperidine rings is 1. The summed E-state index contributed by atoms with van der Waals surface area (Å²) in [5.41, 5.74) is 0. The van der Waals surface area contributed by atoms with Crippen molar-refractivity contribution >= 4 is 23.4 Å². The second kappa shape index (κ2) is 7.02. The molecule has 118 valence electrons. The fourth-order valence-electron chi connectivity index (χ4n) is 2.68. The van der Waals surface area contributed by atoms with Gasteiger partial charge in [0.25, 0.3) is 0 Å². The van der Waals surface area contributed by atoms with Gasteiger partial charge >= 0.3 is 0 Å². The van der Waals surface area contributed by atoms with E-state index in [4.69, 9.17) is 11.6 Å². The van der Waals surface area contributed by atoms with E-state index in [-0.39, 0.29) is 0 Å². The highest BCUT2D eigenvalue weighted by Gasteiger charge is 2.21. The summed E-state index contributed by atoms with van der Waals surface area (Å²) in [6.45, 7) is 5.13. The third kappa shape index (κ3) is 3.83. The molecule has 0 bridgehead atoms. The van der Waals surface area contributed by atoms with Crippen LogP contribution in [0.3, 0.4) is 0 Å². The van der Waals surface area contributed by atoms with Crippen LogP contribution >= 0.6 is 23.4 Å². The summed E-state index contributed by atoms with van der Waals surface area (Å²) in [5, 5.41) is 9.89. The largest absolute Gasteiger partial charge is 0.317 e. The Labute approximate surface area is 140 Å². The monoisotopic (exact) mass is 336 g/mol. The van der Waals surface area contributed by atoms with Crippen molar-refractivity contribution in [3.63, 3.8) is 0 Å². The zero-order valence-corrected chi connectivity index (χ0v) is 14.6. The fourth-order valence-corrected chi connectivity index (χ4v) is 3.93. The summed E-state index contributed by atoms with van der Waals surface area (Å²) in [6.07, 6.45) is 2.42. The van der Waals surface area contributed by atoms with Crippen LogP contribution in [-0.4, -0.2) is 38.0 Å². The molecule has 0 aliphatic carbocycles. The molecule has 0 N–H and O–H groups in total. The molecule has 2 heterocycles. The summed E-state index contributed by atoms with van der Waals surface area (Å²) in [5.74, 6) is 2.03. The van der Waals surface area contributed by atoms with Gasteiger partial charge in [0.2, 0.25) is 0 Å². The Morgan fingerprint density at radius 1 is 1.18 bits per heavy atom.